The topological polar surface area (TPSA) is 63.2 Å². The molecule has 0 spiro atoms. The predicted molar refractivity (Wildman–Crippen MR) is 108 cm³/mol. The van der Waals surface area contributed by atoms with E-state index in [1.807, 2.05) is 6.92 Å². The van der Waals surface area contributed by atoms with Crippen LogP contribution in [0.3, 0.4) is 0 Å². The first-order valence-electron chi connectivity index (χ1n) is 9.05. The first-order chi connectivity index (χ1) is 13.6. The van der Waals surface area contributed by atoms with Crippen molar-refractivity contribution in [2.24, 2.45) is 0 Å². The van der Waals surface area contributed by atoms with Crippen LogP contribution in [0, 0.1) is 5.82 Å². The molecule has 0 aliphatic heterocycles. The van der Waals surface area contributed by atoms with Gasteiger partial charge in [-0.15, -0.1) is 10.2 Å². The number of rotatable bonds is 8. The quantitative estimate of drug-likeness (QED) is 0.524. The van der Waals surface area contributed by atoms with Gasteiger partial charge in [-0.05, 0) is 18.1 Å². The van der Waals surface area contributed by atoms with Crippen LogP contribution in [0.1, 0.15) is 35.7 Å². The summed E-state index contributed by atoms with van der Waals surface area (Å²) < 4.78 is 13.9. The lowest BCUT2D eigenvalue weighted by atomic mass is 10.1. The number of carbonyl (C=O) groups is 2. The highest BCUT2D eigenvalue weighted by molar-refractivity contribution is 7.18. The minimum Gasteiger partial charge on any atom is -0.298 e. The third-order valence-corrected chi connectivity index (χ3v) is 5.27. The van der Waals surface area contributed by atoms with E-state index in [9.17, 15) is 14.0 Å². The number of anilines is 1. The van der Waals surface area contributed by atoms with Gasteiger partial charge in [0.15, 0.2) is 0 Å². The molecule has 0 N–H and O–H groups in total. The van der Waals surface area contributed by atoms with E-state index < -0.39 is 0 Å². The van der Waals surface area contributed by atoms with E-state index in [-0.39, 0.29) is 18.1 Å². The molecule has 1 heterocycles. The summed E-state index contributed by atoms with van der Waals surface area (Å²) in [4.78, 5) is 25.2. The van der Waals surface area contributed by atoms with Crippen molar-refractivity contribution in [1.82, 2.24) is 10.2 Å². The zero-order chi connectivity index (χ0) is 19.9. The Morgan fingerprint density at radius 3 is 2.57 bits per heavy atom. The Bertz CT molecular complexity index is 956. The first-order valence-corrected chi connectivity index (χ1v) is 9.87. The summed E-state index contributed by atoms with van der Waals surface area (Å²) in [6, 6.07) is 13.3. The largest absolute Gasteiger partial charge is 0.298 e. The van der Waals surface area contributed by atoms with Gasteiger partial charge in [-0.2, -0.15) is 0 Å². The van der Waals surface area contributed by atoms with E-state index in [4.69, 9.17) is 0 Å². The van der Waals surface area contributed by atoms with Gasteiger partial charge in [-0.25, -0.2) is 4.39 Å². The fraction of sp³-hybridized carbons (Fsp3) is 0.238. The molecule has 3 rings (SSSR count). The van der Waals surface area contributed by atoms with Crippen LogP contribution in [-0.2, 0) is 11.2 Å². The smallest absolute Gasteiger partial charge is 0.233 e. The molecule has 0 unspecified atom stereocenters. The maximum absolute atomic E-state index is 13.9. The number of aldehydes is 1. The Kier molecular flexibility index (Phi) is 6.60. The second-order valence-corrected chi connectivity index (χ2v) is 7.25. The van der Waals surface area contributed by atoms with Crippen LogP contribution >= 0.6 is 11.3 Å². The zero-order valence-electron chi connectivity index (χ0n) is 15.5. The van der Waals surface area contributed by atoms with E-state index in [1.54, 1.807) is 47.4 Å². The van der Waals surface area contributed by atoms with Gasteiger partial charge < -0.3 is 0 Å². The molecule has 0 atom stereocenters. The number of amides is 1. The molecule has 0 radical (unpaired) electrons. The molecule has 0 bridgehead atoms. The number of hydrogen-bond acceptors (Lipinski definition) is 5. The number of nitrogens with zero attached hydrogens (tertiary/aromatic N) is 3. The average Bonchev–Trinajstić information content (AvgIpc) is 3.20. The minimum absolute atomic E-state index is 0.0284. The predicted octanol–water partition coefficient (Wildman–Crippen LogP) is 4.53. The van der Waals surface area contributed by atoms with Gasteiger partial charge in [-0.1, -0.05) is 67.1 Å². The Morgan fingerprint density at radius 2 is 1.89 bits per heavy atom. The van der Waals surface area contributed by atoms with Crippen molar-refractivity contribution in [1.29, 1.82) is 0 Å². The standard InChI is InChI=1S/C21H20FN3O2S/c1-2-3-12-25(19(27)13-17-6-4-5-7-18(17)22)21-24-23-20(28-21)16-10-8-15(14-26)9-11-16/h4-11,14H,2-3,12-13H2,1H3. The minimum atomic E-state index is -0.389. The van der Waals surface area contributed by atoms with Crippen molar-refractivity contribution in [2.75, 3.05) is 11.4 Å². The molecule has 1 amide bonds. The monoisotopic (exact) mass is 397 g/mol. The Hall–Kier alpha value is -2.93. The average molecular weight is 397 g/mol. The highest BCUT2D eigenvalue weighted by Crippen LogP contribution is 2.29. The van der Waals surface area contributed by atoms with E-state index in [1.165, 1.54) is 17.4 Å². The molecular formula is C21H20FN3O2S. The Labute approximate surface area is 166 Å². The van der Waals surface area contributed by atoms with Crippen molar-refractivity contribution in [3.8, 4) is 10.6 Å². The van der Waals surface area contributed by atoms with Crippen LogP contribution < -0.4 is 4.90 Å². The Balaban J connectivity index is 1.83. The molecule has 2 aromatic carbocycles. The summed E-state index contributed by atoms with van der Waals surface area (Å²) in [6.45, 7) is 2.54. The molecule has 3 aromatic rings. The van der Waals surface area contributed by atoms with Crippen LogP contribution in [0.2, 0.25) is 0 Å². The van der Waals surface area contributed by atoms with Crippen LogP contribution in [0.5, 0.6) is 0 Å². The van der Waals surface area contributed by atoms with E-state index in [0.29, 0.717) is 27.8 Å². The molecule has 0 saturated carbocycles. The fourth-order valence-corrected chi connectivity index (χ4v) is 3.58. The Morgan fingerprint density at radius 1 is 1.14 bits per heavy atom. The van der Waals surface area contributed by atoms with Gasteiger partial charge in [0.2, 0.25) is 11.0 Å². The lowest BCUT2D eigenvalue weighted by molar-refractivity contribution is -0.118. The lowest BCUT2D eigenvalue weighted by Crippen LogP contribution is -2.33. The summed E-state index contributed by atoms with van der Waals surface area (Å²) in [7, 11) is 0. The summed E-state index contributed by atoms with van der Waals surface area (Å²) >= 11 is 1.30. The normalized spacial score (nSPS) is 10.6. The summed E-state index contributed by atoms with van der Waals surface area (Å²) in [6.07, 6.45) is 2.48. The third-order valence-electron chi connectivity index (χ3n) is 4.27. The molecule has 0 saturated heterocycles. The summed E-state index contributed by atoms with van der Waals surface area (Å²) in [5, 5.41) is 9.52. The fourth-order valence-electron chi connectivity index (χ4n) is 2.69. The summed E-state index contributed by atoms with van der Waals surface area (Å²) in [5.74, 6) is -0.600. The SMILES string of the molecule is CCCCN(C(=O)Cc1ccccc1F)c1nnc(-c2ccc(C=O)cc2)s1. The highest BCUT2D eigenvalue weighted by atomic mass is 32.1. The number of unbranched alkanes of at least 4 members (excludes halogenated alkanes) is 1. The molecule has 7 heteroatoms. The van der Waals surface area contributed by atoms with Gasteiger partial charge in [0.1, 0.15) is 17.1 Å². The molecule has 0 aliphatic carbocycles. The van der Waals surface area contributed by atoms with Gasteiger partial charge >= 0.3 is 0 Å². The number of hydrogen-bond donors (Lipinski definition) is 0. The van der Waals surface area contributed by atoms with Crippen LogP contribution in [0.4, 0.5) is 9.52 Å². The maximum atomic E-state index is 13.9. The van der Waals surface area contributed by atoms with Crippen molar-refractivity contribution < 1.29 is 14.0 Å². The second kappa shape index (κ2) is 9.32. The van der Waals surface area contributed by atoms with Crippen molar-refractivity contribution >= 4 is 28.7 Å². The summed E-state index contributed by atoms with van der Waals surface area (Å²) in [5.41, 5.74) is 1.77. The maximum Gasteiger partial charge on any atom is 0.233 e. The lowest BCUT2D eigenvalue weighted by Gasteiger charge is -2.19. The number of carbonyl (C=O) groups excluding carboxylic acids is 2. The third kappa shape index (κ3) is 4.67. The van der Waals surface area contributed by atoms with E-state index in [2.05, 4.69) is 10.2 Å². The van der Waals surface area contributed by atoms with Gasteiger partial charge in [0.05, 0.1) is 6.42 Å². The van der Waals surface area contributed by atoms with Crippen molar-refractivity contribution in [3.63, 3.8) is 0 Å². The van der Waals surface area contributed by atoms with Crippen molar-refractivity contribution in [3.05, 3.63) is 65.5 Å². The molecule has 28 heavy (non-hydrogen) atoms. The van der Waals surface area contributed by atoms with Gasteiger partial charge in [-0.3, -0.25) is 14.5 Å². The molecule has 0 aliphatic rings. The zero-order valence-corrected chi connectivity index (χ0v) is 16.3. The van der Waals surface area contributed by atoms with Crippen LogP contribution in [0.15, 0.2) is 48.5 Å². The number of benzene rings is 2. The molecule has 1 aromatic heterocycles. The van der Waals surface area contributed by atoms with E-state index in [0.717, 1.165) is 24.7 Å². The van der Waals surface area contributed by atoms with Crippen LogP contribution in [0.25, 0.3) is 10.6 Å². The van der Waals surface area contributed by atoms with Gasteiger partial charge in [0.25, 0.3) is 0 Å². The number of halogens is 1. The second-order valence-electron chi connectivity index (χ2n) is 6.30. The first kappa shape index (κ1) is 19.8. The molecule has 144 valence electrons. The molecular weight excluding hydrogens is 377 g/mol. The van der Waals surface area contributed by atoms with Crippen molar-refractivity contribution in [2.45, 2.75) is 26.2 Å². The van der Waals surface area contributed by atoms with Gasteiger partial charge in [0, 0.05) is 17.7 Å². The van der Waals surface area contributed by atoms with E-state index >= 15 is 0 Å². The highest BCUT2D eigenvalue weighted by Gasteiger charge is 2.21. The number of aromatic nitrogens is 2. The molecule has 5 nitrogen and oxygen atoms in total. The molecule has 0 fully saturated rings. The van der Waals surface area contributed by atoms with Crippen LogP contribution in [-0.4, -0.2) is 28.9 Å².